The molecule has 0 heterocycles. The van der Waals surface area contributed by atoms with Gasteiger partial charge in [-0.1, -0.05) is 28.9 Å². The first-order valence-corrected chi connectivity index (χ1v) is 6.47. The Balaban J connectivity index is 2.71. The molecule has 0 bridgehead atoms. The van der Waals surface area contributed by atoms with Gasteiger partial charge in [-0.25, -0.2) is 0 Å². The van der Waals surface area contributed by atoms with Crippen LogP contribution in [-0.2, 0) is 6.42 Å². The summed E-state index contributed by atoms with van der Waals surface area (Å²) in [6, 6.07) is 5.99. The Bertz CT molecular complexity index is 326. The lowest BCUT2D eigenvalue weighted by Crippen LogP contribution is -2.00. The molecular formula is C13H19BrO2. The van der Waals surface area contributed by atoms with Crippen LogP contribution in [0.5, 0.6) is 11.5 Å². The summed E-state index contributed by atoms with van der Waals surface area (Å²) in [6.07, 6.45) is 3.30. The van der Waals surface area contributed by atoms with Crippen molar-refractivity contribution in [3.05, 3.63) is 23.8 Å². The molecule has 2 nitrogen and oxygen atoms in total. The maximum Gasteiger partial charge on any atom is 0.125 e. The molecule has 0 saturated carbocycles. The highest BCUT2D eigenvalue weighted by molar-refractivity contribution is 9.09. The second-order valence-corrected chi connectivity index (χ2v) is 5.02. The van der Waals surface area contributed by atoms with E-state index in [9.17, 15) is 0 Å². The van der Waals surface area contributed by atoms with Crippen LogP contribution in [-0.4, -0.2) is 19.0 Å². The van der Waals surface area contributed by atoms with Gasteiger partial charge in [0.1, 0.15) is 11.5 Å². The Morgan fingerprint density at radius 1 is 1.25 bits per heavy atom. The smallest absolute Gasteiger partial charge is 0.125 e. The van der Waals surface area contributed by atoms with Crippen molar-refractivity contribution < 1.29 is 9.47 Å². The van der Waals surface area contributed by atoms with Gasteiger partial charge in [-0.3, -0.25) is 0 Å². The minimum absolute atomic E-state index is 0.583. The van der Waals surface area contributed by atoms with E-state index in [2.05, 4.69) is 28.9 Å². The average Bonchev–Trinajstić information content (AvgIpc) is 2.35. The van der Waals surface area contributed by atoms with Crippen LogP contribution in [0, 0.1) is 0 Å². The standard InChI is InChI=1S/C13H19BrO2/c1-4-11(14)7-5-10-6-8-12(15-2)9-13(10)16-3/h6,8-9,11H,4-5,7H2,1-3H3. The van der Waals surface area contributed by atoms with Gasteiger partial charge in [-0.15, -0.1) is 0 Å². The molecule has 1 rings (SSSR count). The molecule has 90 valence electrons. The largest absolute Gasteiger partial charge is 0.497 e. The summed E-state index contributed by atoms with van der Waals surface area (Å²) in [5.74, 6) is 1.75. The van der Waals surface area contributed by atoms with Crippen LogP contribution in [0.2, 0.25) is 0 Å². The fraction of sp³-hybridized carbons (Fsp3) is 0.538. The Kier molecular flexibility index (Phi) is 5.67. The van der Waals surface area contributed by atoms with Gasteiger partial charge in [-0.05, 0) is 30.9 Å². The zero-order valence-electron chi connectivity index (χ0n) is 10.1. The molecule has 1 aromatic carbocycles. The Morgan fingerprint density at radius 3 is 2.56 bits per heavy atom. The Morgan fingerprint density at radius 2 is 2.00 bits per heavy atom. The van der Waals surface area contributed by atoms with E-state index in [1.807, 2.05) is 12.1 Å². The van der Waals surface area contributed by atoms with E-state index in [4.69, 9.17) is 9.47 Å². The van der Waals surface area contributed by atoms with Gasteiger partial charge < -0.3 is 9.47 Å². The SMILES string of the molecule is CCC(Br)CCc1ccc(OC)cc1OC. The predicted octanol–water partition coefficient (Wildman–Crippen LogP) is 3.81. The lowest BCUT2D eigenvalue weighted by Gasteiger charge is -2.11. The normalized spacial score (nSPS) is 12.2. The van der Waals surface area contributed by atoms with Crippen molar-refractivity contribution in [3.8, 4) is 11.5 Å². The highest BCUT2D eigenvalue weighted by atomic mass is 79.9. The first kappa shape index (κ1) is 13.4. The van der Waals surface area contributed by atoms with Crippen LogP contribution in [0.1, 0.15) is 25.3 Å². The van der Waals surface area contributed by atoms with Gasteiger partial charge in [-0.2, -0.15) is 0 Å². The molecule has 0 aliphatic carbocycles. The van der Waals surface area contributed by atoms with Gasteiger partial charge in [0.2, 0.25) is 0 Å². The van der Waals surface area contributed by atoms with E-state index in [1.54, 1.807) is 14.2 Å². The summed E-state index contributed by atoms with van der Waals surface area (Å²) in [7, 11) is 3.36. The third-order valence-corrected chi connectivity index (χ3v) is 3.77. The fourth-order valence-corrected chi connectivity index (χ4v) is 1.80. The van der Waals surface area contributed by atoms with Crippen molar-refractivity contribution in [2.75, 3.05) is 14.2 Å². The average molecular weight is 287 g/mol. The summed E-state index contributed by atoms with van der Waals surface area (Å²) in [5, 5.41) is 0. The Hall–Kier alpha value is -0.700. The van der Waals surface area contributed by atoms with Crippen LogP contribution < -0.4 is 9.47 Å². The summed E-state index contributed by atoms with van der Waals surface area (Å²) in [4.78, 5) is 0.583. The molecule has 16 heavy (non-hydrogen) atoms. The highest BCUT2D eigenvalue weighted by Crippen LogP contribution is 2.26. The highest BCUT2D eigenvalue weighted by Gasteiger charge is 2.07. The number of halogens is 1. The second-order valence-electron chi connectivity index (χ2n) is 3.72. The van der Waals surface area contributed by atoms with Gasteiger partial charge in [0.05, 0.1) is 14.2 Å². The minimum Gasteiger partial charge on any atom is -0.497 e. The quantitative estimate of drug-likeness (QED) is 0.741. The zero-order valence-corrected chi connectivity index (χ0v) is 11.7. The van der Waals surface area contributed by atoms with Crippen molar-refractivity contribution in [1.82, 2.24) is 0 Å². The monoisotopic (exact) mass is 286 g/mol. The van der Waals surface area contributed by atoms with Crippen LogP contribution >= 0.6 is 15.9 Å². The van der Waals surface area contributed by atoms with E-state index in [0.29, 0.717) is 4.83 Å². The Labute approximate surface area is 106 Å². The molecule has 0 radical (unpaired) electrons. The maximum atomic E-state index is 5.36. The summed E-state index contributed by atoms with van der Waals surface area (Å²) in [5.41, 5.74) is 1.24. The molecule has 1 aromatic rings. The fourth-order valence-electron chi connectivity index (χ4n) is 1.57. The molecule has 1 atom stereocenters. The molecule has 0 aromatic heterocycles. The molecular weight excluding hydrogens is 268 g/mol. The van der Waals surface area contributed by atoms with E-state index < -0.39 is 0 Å². The maximum absolute atomic E-state index is 5.36. The number of methoxy groups -OCH3 is 2. The zero-order chi connectivity index (χ0) is 12.0. The summed E-state index contributed by atoms with van der Waals surface area (Å²) >= 11 is 3.64. The van der Waals surface area contributed by atoms with Gasteiger partial charge in [0.25, 0.3) is 0 Å². The third kappa shape index (κ3) is 3.71. The lowest BCUT2D eigenvalue weighted by atomic mass is 10.1. The number of hydrogen-bond acceptors (Lipinski definition) is 2. The number of benzene rings is 1. The van der Waals surface area contributed by atoms with E-state index in [0.717, 1.165) is 30.8 Å². The number of aryl methyl sites for hydroxylation is 1. The third-order valence-electron chi connectivity index (χ3n) is 2.66. The number of ether oxygens (including phenoxy) is 2. The lowest BCUT2D eigenvalue weighted by molar-refractivity contribution is 0.390. The van der Waals surface area contributed by atoms with Crippen LogP contribution in [0.15, 0.2) is 18.2 Å². The molecule has 0 fully saturated rings. The van der Waals surface area contributed by atoms with Crippen LogP contribution in [0.4, 0.5) is 0 Å². The van der Waals surface area contributed by atoms with E-state index in [-0.39, 0.29) is 0 Å². The molecule has 0 amide bonds. The van der Waals surface area contributed by atoms with Crippen LogP contribution in [0.3, 0.4) is 0 Å². The molecule has 0 aliphatic rings. The van der Waals surface area contributed by atoms with E-state index in [1.165, 1.54) is 5.56 Å². The molecule has 0 aliphatic heterocycles. The topological polar surface area (TPSA) is 18.5 Å². The van der Waals surface area contributed by atoms with Gasteiger partial charge in [0, 0.05) is 10.9 Å². The van der Waals surface area contributed by atoms with Gasteiger partial charge in [0.15, 0.2) is 0 Å². The van der Waals surface area contributed by atoms with Crippen molar-refractivity contribution >= 4 is 15.9 Å². The molecule has 0 N–H and O–H groups in total. The predicted molar refractivity (Wildman–Crippen MR) is 70.9 cm³/mol. The second kappa shape index (κ2) is 6.79. The minimum atomic E-state index is 0.583. The van der Waals surface area contributed by atoms with Gasteiger partial charge >= 0.3 is 0 Å². The summed E-state index contributed by atoms with van der Waals surface area (Å²) < 4.78 is 10.5. The van der Waals surface area contributed by atoms with Crippen molar-refractivity contribution in [3.63, 3.8) is 0 Å². The van der Waals surface area contributed by atoms with E-state index >= 15 is 0 Å². The summed E-state index contributed by atoms with van der Waals surface area (Å²) in [6.45, 7) is 2.19. The number of hydrogen-bond donors (Lipinski definition) is 0. The number of rotatable bonds is 6. The molecule has 3 heteroatoms. The molecule has 0 saturated heterocycles. The van der Waals surface area contributed by atoms with Crippen LogP contribution in [0.25, 0.3) is 0 Å². The first-order valence-electron chi connectivity index (χ1n) is 5.56. The molecule has 0 spiro atoms. The first-order chi connectivity index (χ1) is 7.71. The van der Waals surface area contributed by atoms with Crippen molar-refractivity contribution in [2.24, 2.45) is 0 Å². The van der Waals surface area contributed by atoms with Crippen molar-refractivity contribution in [2.45, 2.75) is 31.0 Å². The number of alkyl halides is 1. The van der Waals surface area contributed by atoms with Crippen molar-refractivity contribution in [1.29, 1.82) is 0 Å². The molecule has 1 unspecified atom stereocenters.